The first-order valence-electron chi connectivity index (χ1n) is 2.45. The zero-order valence-electron chi connectivity index (χ0n) is 4.93. The van der Waals surface area contributed by atoms with E-state index in [-0.39, 0.29) is 0 Å². The number of nitrogens with two attached hydrogens (primary N) is 1. The van der Waals surface area contributed by atoms with E-state index in [9.17, 15) is 0 Å². The van der Waals surface area contributed by atoms with E-state index >= 15 is 0 Å². The molecule has 2 N–H and O–H groups in total. The van der Waals surface area contributed by atoms with Gasteiger partial charge in [0.15, 0.2) is 5.82 Å². The third kappa shape index (κ3) is 1.18. The molecule has 1 aromatic rings. The minimum absolute atomic E-state index is 0.440. The highest BCUT2D eigenvalue weighted by Gasteiger charge is 1.97. The lowest BCUT2D eigenvalue weighted by atomic mass is 10.3. The van der Waals surface area contributed by atoms with E-state index in [0.29, 0.717) is 5.82 Å². The van der Waals surface area contributed by atoms with Crippen LogP contribution in [0.4, 0.5) is 5.82 Å². The van der Waals surface area contributed by atoms with Crippen molar-refractivity contribution in [3.05, 3.63) is 16.2 Å². The molecule has 1 rings (SSSR count). The largest absolute Gasteiger partial charge is 0.381 e. The molecule has 0 radical (unpaired) electrons. The summed E-state index contributed by atoms with van der Waals surface area (Å²) in [5, 5.41) is 7.26. The van der Waals surface area contributed by atoms with Gasteiger partial charge in [0.1, 0.15) is 0 Å². The highest BCUT2D eigenvalue weighted by atomic mass is 79.9. The van der Waals surface area contributed by atoms with Crippen LogP contribution in [0.3, 0.4) is 0 Å². The van der Waals surface area contributed by atoms with Crippen molar-refractivity contribution in [2.24, 2.45) is 0 Å². The highest BCUT2D eigenvalue weighted by molar-refractivity contribution is 9.10. The minimum Gasteiger partial charge on any atom is -0.381 e. The third-order valence-corrected chi connectivity index (χ3v) is 2.02. The molecule has 0 aromatic carbocycles. The summed E-state index contributed by atoms with van der Waals surface area (Å²) < 4.78 is 0.831. The second-order valence-electron chi connectivity index (χ2n) is 1.73. The lowest BCUT2D eigenvalue weighted by Crippen LogP contribution is -1.94. The summed E-state index contributed by atoms with van der Waals surface area (Å²) >= 11 is 3.25. The second kappa shape index (κ2) is 2.31. The van der Waals surface area contributed by atoms with Gasteiger partial charge in [-0.2, -0.15) is 5.10 Å². The Hall–Kier alpha value is -0.640. The van der Waals surface area contributed by atoms with Gasteiger partial charge in [-0.15, -0.1) is 5.10 Å². The van der Waals surface area contributed by atoms with Gasteiger partial charge in [-0.05, 0) is 28.4 Å². The lowest BCUT2D eigenvalue weighted by Gasteiger charge is -1.96. The molecule has 0 saturated heterocycles. The topological polar surface area (TPSA) is 51.8 Å². The zero-order valence-corrected chi connectivity index (χ0v) is 6.51. The first-order chi connectivity index (χ1) is 4.22. The molecule has 0 unspecified atom stereocenters. The van der Waals surface area contributed by atoms with Gasteiger partial charge in [0.05, 0.1) is 10.7 Å². The Kier molecular flexibility index (Phi) is 1.66. The van der Waals surface area contributed by atoms with E-state index in [0.717, 1.165) is 10.0 Å². The standard InChI is InChI=1S/C5H6BrN3/c1-3-2-8-9-5(7)4(3)6/h2H,1H3,(H2,7,9). The molecule has 0 saturated carbocycles. The Labute approximate surface area is 61.4 Å². The molecule has 0 aliphatic heterocycles. The maximum absolute atomic E-state index is 5.40. The summed E-state index contributed by atoms with van der Waals surface area (Å²) in [6, 6.07) is 0. The van der Waals surface area contributed by atoms with Crippen molar-refractivity contribution in [1.82, 2.24) is 10.2 Å². The van der Waals surface area contributed by atoms with Gasteiger partial charge in [0.2, 0.25) is 0 Å². The molecule has 4 heteroatoms. The van der Waals surface area contributed by atoms with Crippen LogP contribution < -0.4 is 5.73 Å². The molecule has 0 fully saturated rings. The molecule has 0 amide bonds. The molecule has 0 aliphatic carbocycles. The van der Waals surface area contributed by atoms with E-state index < -0.39 is 0 Å². The maximum Gasteiger partial charge on any atom is 0.160 e. The molecule has 3 nitrogen and oxygen atoms in total. The predicted molar refractivity (Wildman–Crippen MR) is 38.9 cm³/mol. The minimum atomic E-state index is 0.440. The molecular weight excluding hydrogens is 182 g/mol. The molecule has 9 heavy (non-hydrogen) atoms. The van der Waals surface area contributed by atoms with E-state index in [1.807, 2.05) is 6.92 Å². The molecule has 0 bridgehead atoms. The summed E-state index contributed by atoms with van der Waals surface area (Å²) in [6.07, 6.45) is 1.65. The Morgan fingerprint density at radius 3 is 2.78 bits per heavy atom. The number of nitrogen functional groups attached to an aromatic ring is 1. The van der Waals surface area contributed by atoms with E-state index in [4.69, 9.17) is 5.73 Å². The summed E-state index contributed by atoms with van der Waals surface area (Å²) in [6.45, 7) is 1.91. The molecule has 1 aromatic heterocycles. The molecule has 48 valence electrons. The number of hydrogen-bond acceptors (Lipinski definition) is 3. The van der Waals surface area contributed by atoms with Crippen molar-refractivity contribution >= 4 is 21.7 Å². The van der Waals surface area contributed by atoms with Crippen molar-refractivity contribution in [2.45, 2.75) is 6.92 Å². The summed E-state index contributed by atoms with van der Waals surface area (Å²) in [7, 11) is 0. The number of aromatic nitrogens is 2. The Balaban J connectivity index is 3.25. The number of halogens is 1. The summed E-state index contributed by atoms with van der Waals surface area (Å²) in [5.41, 5.74) is 6.40. The number of anilines is 1. The fourth-order valence-corrected chi connectivity index (χ4v) is 0.662. The van der Waals surface area contributed by atoms with Gasteiger partial charge in [0.25, 0.3) is 0 Å². The van der Waals surface area contributed by atoms with Crippen molar-refractivity contribution in [3.63, 3.8) is 0 Å². The molecular formula is C5H6BrN3. The van der Waals surface area contributed by atoms with Crippen LogP contribution in [0.2, 0.25) is 0 Å². The average Bonchev–Trinajstić information content (AvgIpc) is 1.83. The average molecular weight is 188 g/mol. The van der Waals surface area contributed by atoms with Crippen LogP contribution in [-0.4, -0.2) is 10.2 Å². The van der Waals surface area contributed by atoms with Crippen LogP contribution in [0, 0.1) is 6.92 Å². The molecule has 0 spiro atoms. The monoisotopic (exact) mass is 187 g/mol. The Morgan fingerprint density at radius 2 is 2.33 bits per heavy atom. The van der Waals surface area contributed by atoms with Gasteiger partial charge in [-0.25, -0.2) is 0 Å². The maximum atomic E-state index is 5.40. The van der Waals surface area contributed by atoms with Gasteiger partial charge < -0.3 is 5.73 Å². The van der Waals surface area contributed by atoms with Crippen molar-refractivity contribution in [3.8, 4) is 0 Å². The Morgan fingerprint density at radius 1 is 1.67 bits per heavy atom. The van der Waals surface area contributed by atoms with Gasteiger partial charge in [0, 0.05) is 0 Å². The number of aryl methyl sites for hydroxylation is 1. The number of nitrogens with zero attached hydrogens (tertiary/aromatic N) is 2. The van der Waals surface area contributed by atoms with Crippen LogP contribution in [0.25, 0.3) is 0 Å². The van der Waals surface area contributed by atoms with Gasteiger partial charge >= 0.3 is 0 Å². The van der Waals surface area contributed by atoms with E-state index in [2.05, 4.69) is 26.1 Å². The SMILES string of the molecule is Cc1cnnc(N)c1Br. The van der Waals surface area contributed by atoms with Crippen molar-refractivity contribution < 1.29 is 0 Å². The van der Waals surface area contributed by atoms with Crippen LogP contribution >= 0.6 is 15.9 Å². The second-order valence-corrected chi connectivity index (χ2v) is 2.52. The van der Waals surface area contributed by atoms with Gasteiger partial charge in [-0.1, -0.05) is 0 Å². The fraction of sp³-hybridized carbons (Fsp3) is 0.200. The Bertz CT molecular complexity index is 203. The molecule has 1 heterocycles. The number of rotatable bonds is 0. The van der Waals surface area contributed by atoms with Crippen LogP contribution in [-0.2, 0) is 0 Å². The third-order valence-electron chi connectivity index (χ3n) is 0.988. The predicted octanol–water partition coefficient (Wildman–Crippen LogP) is 1.13. The summed E-state index contributed by atoms with van der Waals surface area (Å²) in [5.74, 6) is 0.440. The first kappa shape index (κ1) is 6.48. The van der Waals surface area contributed by atoms with Crippen LogP contribution in [0.5, 0.6) is 0 Å². The smallest absolute Gasteiger partial charge is 0.160 e. The molecule has 0 atom stereocenters. The van der Waals surface area contributed by atoms with Gasteiger partial charge in [-0.3, -0.25) is 0 Å². The van der Waals surface area contributed by atoms with Crippen molar-refractivity contribution in [1.29, 1.82) is 0 Å². The quantitative estimate of drug-likeness (QED) is 0.663. The first-order valence-corrected chi connectivity index (χ1v) is 3.24. The van der Waals surface area contributed by atoms with Crippen molar-refractivity contribution in [2.75, 3.05) is 5.73 Å². The van der Waals surface area contributed by atoms with E-state index in [1.54, 1.807) is 6.20 Å². The van der Waals surface area contributed by atoms with Crippen LogP contribution in [0.1, 0.15) is 5.56 Å². The molecule has 0 aliphatic rings. The van der Waals surface area contributed by atoms with E-state index in [1.165, 1.54) is 0 Å². The normalized spacial score (nSPS) is 9.56. The zero-order chi connectivity index (χ0) is 6.85. The fourth-order valence-electron chi connectivity index (χ4n) is 0.480. The lowest BCUT2D eigenvalue weighted by molar-refractivity contribution is 1.02. The van der Waals surface area contributed by atoms with Crippen LogP contribution in [0.15, 0.2) is 10.7 Å². The number of hydrogen-bond donors (Lipinski definition) is 1. The highest BCUT2D eigenvalue weighted by Crippen LogP contribution is 2.18. The summed E-state index contributed by atoms with van der Waals surface area (Å²) in [4.78, 5) is 0.